The number of amides is 1. The van der Waals surface area contributed by atoms with Gasteiger partial charge < -0.3 is 39.1 Å². The molecule has 0 saturated carbocycles. The highest BCUT2D eigenvalue weighted by Crippen LogP contribution is 2.38. The fourth-order valence-electron chi connectivity index (χ4n) is 5.35. The SMILES string of the molecule is CC/C=C\C[C@H](O)/C=C/C=C\C=C\[C@H](O)C/C=C\C/C=C\CCC(=O)N[C@@H](COP(=O)([O-])OCC[N+](C)(C)C)[C@H](O)/C=C/CCCCCCCCCCCCC. The van der Waals surface area contributed by atoms with Crippen LogP contribution in [-0.4, -0.2) is 91.0 Å². The Morgan fingerprint density at radius 3 is 1.82 bits per heavy atom. The molecule has 0 aliphatic carbocycles. The largest absolute Gasteiger partial charge is 0.756 e. The van der Waals surface area contributed by atoms with Crippen molar-refractivity contribution in [2.45, 2.75) is 154 Å². The molecule has 0 saturated heterocycles. The Labute approximate surface area is 341 Å². The summed E-state index contributed by atoms with van der Waals surface area (Å²) < 4.78 is 23.1. The highest BCUT2D eigenvalue weighted by Gasteiger charge is 2.23. The van der Waals surface area contributed by atoms with Gasteiger partial charge in [0.2, 0.25) is 5.91 Å². The molecule has 0 fully saturated rings. The molecule has 56 heavy (non-hydrogen) atoms. The Kier molecular flexibility index (Phi) is 34.2. The van der Waals surface area contributed by atoms with Crippen molar-refractivity contribution >= 4 is 13.7 Å². The minimum absolute atomic E-state index is 0.0392. The molecule has 1 unspecified atom stereocenters. The molecule has 0 bridgehead atoms. The molecule has 0 spiro atoms. The van der Waals surface area contributed by atoms with Gasteiger partial charge >= 0.3 is 0 Å². The van der Waals surface area contributed by atoms with Crippen LogP contribution in [0.1, 0.15) is 129 Å². The van der Waals surface area contributed by atoms with Gasteiger partial charge in [0.05, 0.1) is 52.1 Å². The number of rotatable bonds is 36. The lowest BCUT2D eigenvalue weighted by Gasteiger charge is -2.29. The van der Waals surface area contributed by atoms with Gasteiger partial charge in [-0.25, -0.2) is 0 Å². The van der Waals surface area contributed by atoms with Crippen LogP contribution in [0.15, 0.2) is 85.1 Å². The van der Waals surface area contributed by atoms with Gasteiger partial charge in [0.15, 0.2) is 0 Å². The number of unbranched alkanes of at least 4 members (excludes halogenated alkanes) is 11. The van der Waals surface area contributed by atoms with Crippen molar-refractivity contribution in [2.24, 2.45) is 0 Å². The van der Waals surface area contributed by atoms with Crippen molar-refractivity contribution in [1.82, 2.24) is 5.32 Å². The molecule has 10 nitrogen and oxygen atoms in total. The number of likely N-dealkylation sites (N-methyl/N-ethyl adjacent to an activating group) is 1. The number of hydrogen-bond donors (Lipinski definition) is 4. The Bertz CT molecular complexity index is 1220. The van der Waals surface area contributed by atoms with Crippen LogP contribution in [0.4, 0.5) is 0 Å². The Morgan fingerprint density at radius 1 is 0.696 bits per heavy atom. The molecule has 1 amide bonds. The maximum atomic E-state index is 12.8. The lowest BCUT2D eigenvalue weighted by Crippen LogP contribution is -2.45. The van der Waals surface area contributed by atoms with Crippen LogP contribution in [0.3, 0.4) is 0 Å². The third-order valence-corrected chi connectivity index (χ3v) is 9.75. The first kappa shape index (κ1) is 53.6. The van der Waals surface area contributed by atoms with Crippen LogP contribution in [0, 0.1) is 0 Å². The molecular weight excluding hydrogens is 727 g/mol. The number of nitrogens with one attached hydrogen (secondary N) is 1. The van der Waals surface area contributed by atoms with E-state index in [-0.39, 0.29) is 18.9 Å². The number of hydrogen-bond acceptors (Lipinski definition) is 8. The highest BCUT2D eigenvalue weighted by atomic mass is 31.2. The minimum Gasteiger partial charge on any atom is -0.756 e. The molecule has 0 aliphatic heterocycles. The predicted molar refractivity (Wildman–Crippen MR) is 231 cm³/mol. The fourth-order valence-corrected chi connectivity index (χ4v) is 6.07. The van der Waals surface area contributed by atoms with E-state index in [0.717, 1.165) is 25.7 Å². The first-order valence-corrected chi connectivity index (χ1v) is 22.6. The van der Waals surface area contributed by atoms with E-state index in [1.165, 1.54) is 57.8 Å². The second-order valence-electron chi connectivity index (χ2n) is 15.4. The molecule has 0 radical (unpaired) electrons. The first-order valence-electron chi connectivity index (χ1n) is 21.2. The molecular formula is C45H79N2O8P. The topological polar surface area (TPSA) is 148 Å². The van der Waals surface area contributed by atoms with Crippen LogP contribution in [0.5, 0.6) is 0 Å². The van der Waals surface area contributed by atoms with Crippen LogP contribution in [-0.2, 0) is 18.4 Å². The summed E-state index contributed by atoms with van der Waals surface area (Å²) in [5, 5.41) is 33.6. The number of carbonyl (C=O) groups excluding carboxylic acids is 1. The van der Waals surface area contributed by atoms with Gasteiger partial charge in [-0.15, -0.1) is 0 Å². The van der Waals surface area contributed by atoms with E-state index in [9.17, 15) is 29.6 Å². The molecule has 4 N–H and O–H groups in total. The Morgan fingerprint density at radius 2 is 1.25 bits per heavy atom. The van der Waals surface area contributed by atoms with Crippen molar-refractivity contribution in [1.29, 1.82) is 0 Å². The van der Waals surface area contributed by atoms with Crippen LogP contribution in [0.25, 0.3) is 0 Å². The van der Waals surface area contributed by atoms with Gasteiger partial charge in [0.1, 0.15) is 13.2 Å². The van der Waals surface area contributed by atoms with Gasteiger partial charge in [0.25, 0.3) is 7.82 Å². The highest BCUT2D eigenvalue weighted by molar-refractivity contribution is 7.45. The first-order chi connectivity index (χ1) is 26.8. The second kappa shape index (κ2) is 35.7. The summed E-state index contributed by atoms with van der Waals surface area (Å²) in [6.45, 7) is 4.27. The number of nitrogens with zero attached hydrogens (tertiary/aromatic N) is 1. The number of phosphoric ester groups is 1. The molecule has 0 aromatic carbocycles. The van der Waals surface area contributed by atoms with E-state index in [0.29, 0.717) is 36.7 Å². The van der Waals surface area contributed by atoms with Gasteiger partial charge in [-0.1, -0.05) is 163 Å². The zero-order chi connectivity index (χ0) is 41.8. The van der Waals surface area contributed by atoms with Crippen LogP contribution < -0.4 is 10.2 Å². The quantitative estimate of drug-likeness (QED) is 0.0162. The lowest BCUT2D eigenvalue weighted by atomic mass is 10.0. The minimum atomic E-state index is -4.64. The molecule has 0 aliphatic rings. The van der Waals surface area contributed by atoms with Gasteiger partial charge in [-0.2, -0.15) is 0 Å². The summed E-state index contributed by atoms with van der Waals surface area (Å²) >= 11 is 0. The molecule has 11 heteroatoms. The molecule has 322 valence electrons. The van der Waals surface area contributed by atoms with Gasteiger partial charge in [0, 0.05) is 6.42 Å². The van der Waals surface area contributed by atoms with Crippen LogP contribution in [0.2, 0.25) is 0 Å². The monoisotopic (exact) mass is 807 g/mol. The molecule has 0 aromatic heterocycles. The van der Waals surface area contributed by atoms with E-state index >= 15 is 0 Å². The number of phosphoric acid groups is 1. The fraction of sp³-hybridized carbons (Fsp3) is 0.667. The zero-order valence-electron chi connectivity index (χ0n) is 35.5. The van der Waals surface area contributed by atoms with Crippen molar-refractivity contribution in [3.8, 4) is 0 Å². The van der Waals surface area contributed by atoms with Gasteiger partial charge in [-0.3, -0.25) is 9.36 Å². The number of aliphatic hydroxyl groups is 3. The average molecular weight is 807 g/mol. The summed E-state index contributed by atoms with van der Waals surface area (Å²) in [6.07, 6.45) is 41.3. The Hall–Kier alpha value is -2.40. The van der Waals surface area contributed by atoms with E-state index in [1.54, 1.807) is 42.5 Å². The van der Waals surface area contributed by atoms with Crippen LogP contribution >= 0.6 is 7.82 Å². The van der Waals surface area contributed by atoms with E-state index in [1.807, 2.05) is 63.7 Å². The van der Waals surface area contributed by atoms with E-state index in [4.69, 9.17) is 9.05 Å². The zero-order valence-corrected chi connectivity index (χ0v) is 36.4. The van der Waals surface area contributed by atoms with Crippen molar-refractivity contribution < 1.29 is 43.1 Å². The number of allylic oxidation sites excluding steroid dienone is 9. The van der Waals surface area contributed by atoms with E-state index < -0.39 is 38.8 Å². The normalized spacial score (nSPS) is 16.4. The molecule has 0 aromatic rings. The second-order valence-corrected chi connectivity index (χ2v) is 16.8. The molecule has 0 heterocycles. The molecule has 0 rings (SSSR count). The summed E-state index contributed by atoms with van der Waals surface area (Å²) in [5.74, 6) is -0.331. The standard InChI is InChI=1S/C45H79N2O8P/c1-6-8-10-11-12-13-14-15-16-17-18-22-30-36-44(50)43(40-55-56(52,53)54-39-38-47(3,4)5)46-45(51)37-31-23-20-19-21-27-33-42(49)35-29-25-24-28-34-41(48)32-26-9-7-2/h9,20-21,23-30,34-36,41-44,48-50H,6-8,10-19,22,31-33,37-40H2,1-5H3,(H-,46,51,52,53)/b23-20-,25-24-,26-9-,27-21-,34-28+,35-29+,36-30+/t41-,42+,43-,44+/m0/s1. The van der Waals surface area contributed by atoms with Gasteiger partial charge in [-0.05, 0) is 44.9 Å². The summed E-state index contributed by atoms with van der Waals surface area (Å²) in [7, 11) is 1.13. The van der Waals surface area contributed by atoms with Crippen molar-refractivity contribution in [3.05, 3.63) is 85.1 Å². The number of carbonyl (C=O) groups is 1. The number of quaternary nitrogens is 1. The predicted octanol–water partition coefficient (Wildman–Crippen LogP) is 8.72. The maximum absolute atomic E-state index is 12.8. The van der Waals surface area contributed by atoms with Crippen molar-refractivity contribution in [2.75, 3.05) is 40.9 Å². The Balaban J connectivity index is 4.74. The average Bonchev–Trinajstić information content (AvgIpc) is 3.13. The lowest BCUT2D eigenvalue weighted by molar-refractivity contribution is -0.870. The smallest absolute Gasteiger partial charge is 0.268 e. The third kappa shape index (κ3) is 37.2. The summed E-state index contributed by atoms with van der Waals surface area (Å²) in [4.78, 5) is 25.2. The summed E-state index contributed by atoms with van der Waals surface area (Å²) in [6, 6.07) is -0.967. The third-order valence-electron chi connectivity index (χ3n) is 8.79. The van der Waals surface area contributed by atoms with Crippen molar-refractivity contribution in [3.63, 3.8) is 0 Å². The number of aliphatic hydroxyl groups excluding tert-OH is 3. The maximum Gasteiger partial charge on any atom is 0.268 e. The van der Waals surface area contributed by atoms with E-state index in [2.05, 4.69) is 19.2 Å². The molecule has 5 atom stereocenters. The summed E-state index contributed by atoms with van der Waals surface area (Å²) in [5.41, 5.74) is 0.